The summed E-state index contributed by atoms with van der Waals surface area (Å²) >= 11 is 1.22. The Labute approximate surface area is 96.8 Å². The van der Waals surface area contributed by atoms with Crippen LogP contribution in [0.25, 0.3) is 0 Å². The van der Waals surface area contributed by atoms with Crippen molar-refractivity contribution in [1.29, 1.82) is 0 Å². The SMILES string of the molecule is C=CCCC(=O)Nc1nc(CC(=O)O)cs1. The molecule has 1 aromatic rings. The standard InChI is InChI=1S/C10H12N2O3S/c1-2-3-4-8(13)12-10-11-7(6-16-10)5-9(14)15/h2,6H,1,3-5H2,(H,14,15)(H,11,12,13). The third kappa shape index (κ3) is 4.22. The van der Waals surface area contributed by atoms with Crippen LogP contribution in [0.3, 0.4) is 0 Å². The molecule has 0 fully saturated rings. The van der Waals surface area contributed by atoms with Crippen LogP contribution >= 0.6 is 11.3 Å². The van der Waals surface area contributed by atoms with Gasteiger partial charge >= 0.3 is 5.97 Å². The van der Waals surface area contributed by atoms with Crippen LogP contribution in [0.1, 0.15) is 18.5 Å². The molecule has 0 aliphatic rings. The van der Waals surface area contributed by atoms with Gasteiger partial charge in [-0.1, -0.05) is 6.08 Å². The first-order valence-corrected chi connectivity index (χ1v) is 5.56. The van der Waals surface area contributed by atoms with E-state index in [-0.39, 0.29) is 12.3 Å². The van der Waals surface area contributed by atoms with Crippen LogP contribution < -0.4 is 5.32 Å². The molecule has 1 aromatic heterocycles. The van der Waals surface area contributed by atoms with Crippen LogP contribution in [0.2, 0.25) is 0 Å². The highest BCUT2D eigenvalue weighted by atomic mass is 32.1. The minimum absolute atomic E-state index is 0.126. The molecule has 2 N–H and O–H groups in total. The lowest BCUT2D eigenvalue weighted by Gasteiger charge is -1.98. The fraction of sp³-hybridized carbons (Fsp3) is 0.300. The van der Waals surface area contributed by atoms with Gasteiger partial charge in [0.15, 0.2) is 5.13 Å². The molecule has 5 nitrogen and oxygen atoms in total. The van der Waals surface area contributed by atoms with E-state index < -0.39 is 5.97 Å². The molecule has 0 unspecified atom stereocenters. The van der Waals surface area contributed by atoms with Crippen LogP contribution in [0.5, 0.6) is 0 Å². The second-order valence-corrected chi connectivity index (χ2v) is 3.95. The summed E-state index contributed by atoms with van der Waals surface area (Å²) in [4.78, 5) is 25.7. The molecule has 0 bridgehead atoms. The Balaban J connectivity index is 2.48. The highest BCUT2D eigenvalue weighted by molar-refractivity contribution is 7.13. The van der Waals surface area contributed by atoms with Crippen molar-refractivity contribution in [2.24, 2.45) is 0 Å². The minimum Gasteiger partial charge on any atom is -0.481 e. The van der Waals surface area contributed by atoms with E-state index >= 15 is 0 Å². The number of carboxylic acids is 1. The number of aliphatic carboxylic acids is 1. The molecule has 0 aliphatic carbocycles. The van der Waals surface area contributed by atoms with Crippen LogP contribution in [-0.2, 0) is 16.0 Å². The second kappa shape index (κ2) is 6.02. The molecule has 0 spiro atoms. The Kier molecular flexibility index (Phi) is 4.65. The summed E-state index contributed by atoms with van der Waals surface area (Å²) in [6, 6.07) is 0. The molecule has 0 aromatic carbocycles. The Bertz CT molecular complexity index is 401. The van der Waals surface area contributed by atoms with Crippen molar-refractivity contribution in [2.45, 2.75) is 19.3 Å². The smallest absolute Gasteiger partial charge is 0.309 e. The molecule has 1 amide bonds. The van der Waals surface area contributed by atoms with E-state index in [1.807, 2.05) is 0 Å². The van der Waals surface area contributed by atoms with Crippen LogP contribution in [-0.4, -0.2) is 22.0 Å². The summed E-state index contributed by atoms with van der Waals surface area (Å²) in [5.74, 6) is -1.08. The van der Waals surface area contributed by atoms with Gasteiger partial charge in [-0.25, -0.2) is 4.98 Å². The van der Waals surface area contributed by atoms with Gasteiger partial charge < -0.3 is 10.4 Å². The highest BCUT2D eigenvalue weighted by Crippen LogP contribution is 2.16. The van der Waals surface area contributed by atoms with E-state index in [1.54, 1.807) is 11.5 Å². The summed E-state index contributed by atoms with van der Waals surface area (Å²) in [6.07, 6.45) is 2.51. The van der Waals surface area contributed by atoms with Crippen molar-refractivity contribution in [3.63, 3.8) is 0 Å². The van der Waals surface area contributed by atoms with Crippen LogP contribution in [0, 0.1) is 0 Å². The quantitative estimate of drug-likeness (QED) is 0.741. The lowest BCUT2D eigenvalue weighted by atomic mass is 10.3. The number of carbonyl (C=O) groups is 2. The average Bonchev–Trinajstić information content (AvgIpc) is 2.61. The summed E-state index contributed by atoms with van der Waals surface area (Å²) in [7, 11) is 0. The normalized spacial score (nSPS) is 9.75. The zero-order chi connectivity index (χ0) is 12.0. The number of anilines is 1. The Morgan fingerprint density at radius 1 is 1.62 bits per heavy atom. The number of carboxylic acid groups (broad SMARTS) is 1. The average molecular weight is 240 g/mol. The number of allylic oxidation sites excluding steroid dienone is 1. The maximum atomic E-state index is 11.3. The molecule has 1 rings (SSSR count). The van der Waals surface area contributed by atoms with Crippen molar-refractivity contribution in [3.05, 3.63) is 23.7 Å². The monoisotopic (exact) mass is 240 g/mol. The number of carbonyl (C=O) groups excluding carboxylic acids is 1. The van der Waals surface area contributed by atoms with Gasteiger partial charge in [0.1, 0.15) is 0 Å². The first-order valence-electron chi connectivity index (χ1n) is 4.68. The van der Waals surface area contributed by atoms with Crippen molar-refractivity contribution >= 4 is 28.3 Å². The molecule has 6 heteroatoms. The zero-order valence-electron chi connectivity index (χ0n) is 8.60. The number of hydrogen-bond acceptors (Lipinski definition) is 4. The van der Waals surface area contributed by atoms with Gasteiger partial charge in [0.05, 0.1) is 12.1 Å². The van der Waals surface area contributed by atoms with E-state index in [0.717, 1.165) is 0 Å². The molecular formula is C10H12N2O3S. The molecule has 0 atom stereocenters. The molecule has 1 heterocycles. The van der Waals surface area contributed by atoms with Crippen molar-refractivity contribution in [3.8, 4) is 0 Å². The largest absolute Gasteiger partial charge is 0.481 e. The molecular weight excluding hydrogens is 228 g/mol. The Morgan fingerprint density at radius 3 is 3.00 bits per heavy atom. The first-order chi connectivity index (χ1) is 7.61. The zero-order valence-corrected chi connectivity index (χ0v) is 9.42. The number of nitrogens with one attached hydrogen (secondary N) is 1. The molecule has 0 saturated heterocycles. The van der Waals surface area contributed by atoms with E-state index in [9.17, 15) is 9.59 Å². The predicted molar refractivity (Wildman–Crippen MR) is 61.5 cm³/mol. The number of thiazole rings is 1. The van der Waals surface area contributed by atoms with Crippen molar-refractivity contribution in [2.75, 3.05) is 5.32 Å². The van der Waals surface area contributed by atoms with Crippen molar-refractivity contribution < 1.29 is 14.7 Å². The fourth-order valence-corrected chi connectivity index (χ4v) is 1.74. The Hall–Kier alpha value is -1.69. The Morgan fingerprint density at radius 2 is 2.38 bits per heavy atom. The minimum atomic E-state index is -0.935. The molecule has 0 saturated carbocycles. The molecule has 16 heavy (non-hydrogen) atoms. The maximum absolute atomic E-state index is 11.3. The topological polar surface area (TPSA) is 79.3 Å². The van der Waals surface area contributed by atoms with E-state index in [4.69, 9.17) is 5.11 Å². The van der Waals surface area contributed by atoms with Gasteiger partial charge in [-0.3, -0.25) is 9.59 Å². The molecule has 0 aliphatic heterocycles. The highest BCUT2D eigenvalue weighted by Gasteiger charge is 2.08. The number of aromatic nitrogens is 1. The third-order valence-electron chi connectivity index (χ3n) is 1.71. The fourth-order valence-electron chi connectivity index (χ4n) is 1.02. The summed E-state index contributed by atoms with van der Waals surface area (Å²) in [5.41, 5.74) is 0.455. The summed E-state index contributed by atoms with van der Waals surface area (Å²) < 4.78 is 0. The molecule has 0 radical (unpaired) electrons. The number of nitrogens with zero attached hydrogens (tertiary/aromatic N) is 1. The van der Waals surface area contributed by atoms with E-state index in [0.29, 0.717) is 23.7 Å². The summed E-state index contributed by atoms with van der Waals surface area (Å²) in [5, 5.41) is 13.2. The first kappa shape index (κ1) is 12.4. The van der Waals surface area contributed by atoms with Gasteiger partial charge in [0.2, 0.25) is 5.91 Å². The third-order valence-corrected chi connectivity index (χ3v) is 2.51. The van der Waals surface area contributed by atoms with Gasteiger partial charge in [-0.15, -0.1) is 17.9 Å². The van der Waals surface area contributed by atoms with Crippen LogP contribution in [0.15, 0.2) is 18.0 Å². The second-order valence-electron chi connectivity index (χ2n) is 3.09. The number of rotatable bonds is 6. The van der Waals surface area contributed by atoms with E-state index in [1.165, 1.54) is 11.3 Å². The number of amides is 1. The van der Waals surface area contributed by atoms with Gasteiger partial charge in [0.25, 0.3) is 0 Å². The van der Waals surface area contributed by atoms with Crippen molar-refractivity contribution in [1.82, 2.24) is 4.98 Å². The van der Waals surface area contributed by atoms with Gasteiger partial charge in [-0.05, 0) is 6.42 Å². The lowest BCUT2D eigenvalue weighted by molar-refractivity contribution is -0.136. The summed E-state index contributed by atoms with van der Waals surface area (Å²) in [6.45, 7) is 3.52. The van der Waals surface area contributed by atoms with E-state index in [2.05, 4.69) is 16.9 Å². The molecule has 86 valence electrons. The van der Waals surface area contributed by atoms with Gasteiger partial charge in [0, 0.05) is 11.8 Å². The number of hydrogen-bond donors (Lipinski definition) is 2. The van der Waals surface area contributed by atoms with Gasteiger partial charge in [-0.2, -0.15) is 0 Å². The predicted octanol–water partition coefficient (Wildman–Crippen LogP) is 1.67. The maximum Gasteiger partial charge on any atom is 0.309 e. The lowest BCUT2D eigenvalue weighted by Crippen LogP contribution is -2.10. The van der Waals surface area contributed by atoms with Crippen LogP contribution in [0.4, 0.5) is 5.13 Å².